The molecule has 3 aromatic rings. The number of hydrogen-bond donors (Lipinski definition) is 1. The summed E-state index contributed by atoms with van der Waals surface area (Å²) >= 11 is 5.82. The minimum atomic E-state index is -3.67. The zero-order valence-electron chi connectivity index (χ0n) is 17.8. The van der Waals surface area contributed by atoms with Crippen molar-refractivity contribution in [3.63, 3.8) is 0 Å². The fraction of sp³-hybridized carbons (Fsp3) is 0.381. The van der Waals surface area contributed by atoms with Gasteiger partial charge in [0, 0.05) is 25.3 Å². The van der Waals surface area contributed by atoms with E-state index in [0.29, 0.717) is 35.0 Å². The molecule has 0 radical (unpaired) electrons. The van der Waals surface area contributed by atoms with Gasteiger partial charge in [-0.15, -0.1) is 0 Å². The average molecular weight is 478 g/mol. The van der Waals surface area contributed by atoms with E-state index in [1.54, 1.807) is 22.8 Å². The number of nitrogens with zero attached hydrogens (tertiary/aromatic N) is 4. The van der Waals surface area contributed by atoms with Crippen molar-refractivity contribution < 1.29 is 13.2 Å². The van der Waals surface area contributed by atoms with E-state index in [0.717, 1.165) is 12.8 Å². The molecule has 2 aromatic heterocycles. The fourth-order valence-corrected chi connectivity index (χ4v) is 5.57. The lowest BCUT2D eigenvalue weighted by Gasteiger charge is -2.15. The average Bonchev–Trinajstić information content (AvgIpc) is 3.37. The third-order valence-electron chi connectivity index (χ3n) is 5.45. The number of hydrogen-bond acceptors (Lipinski definition) is 5. The molecule has 1 saturated heterocycles. The highest BCUT2D eigenvalue weighted by atomic mass is 35.5. The standard InChI is InChI=1S/C21H24ClN5O4S/c1-14(2)27-17-7-6-16(32(30,31)25-9-3-4-10-25)11-18(17)26(21(27)29)13-20(28)24-19-8-5-15(22)12-23-19/h5-8,11-12,14H,3-4,9-10,13H2,1-2H3,(H,23,24,28). The summed E-state index contributed by atoms with van der Waals surface area (Å²) in [6.45, 7) is 4.40. The van der Waals surface area contributed by atoms with Crippen LogP contribution in [0.5, 0.6) is 0 Å². The Bertz CT molecular complexity index is 1320. The van der Waals surface area contributed by atoms with Gasteiger partial charge in [0.1, 0.15) is 12.4 Å². The number of benzene rings is 1. The summed E-state index contributed by atoms with van der Waals surface area (Å²) in [5.41, 5.74) is 0.580. The SMILES string of the molecule is CC(C)n1c(=O)n(CC(=O)Nc2ccc(Cl)cn2)c2cc(S(=O)(=O)N3CCCC3)ccc21. The molecular weight excluding hydrogens is 454 g/mol. The lowest BCUT2D eigenvalue weighted by Crippen LogP contribution is -2.30. The van der Waals surface area contributed by atoms with Crippen LogP contribution in [0.2, 0.25) is 5.02 Å². The van der Waals surface area contributed by atoms with Crippen LogP contribution >= 0.6 is 11.6 Å². The number of fused-ring (bicyclic) bond motifs is 1. The molecule has 11 heteroatoms. The summed E-state index contributed by atoms with van der Waals surface area (Å²) in [4.78, 5) is 29.9. The van der Waals surface area contributed by atoms with Crippen LogP contribution in [0.3, 0.4) is 0 Å². The zero-order valence-corrected chi connectivity index (χ0v) is 19.4. The predicted octanol–water partition coefficient (Wildman–Crippen LogP) is 2.86. The zero-order chi connectivity index (χ0) is 23.0. The van der Waals surface area contributed by atoms with E-state index < -0.39 is 15.9 Å². The molecule has 1 aliphatic rings. The van der Waals surface area contributed by atoms with Gasteiger partial charge in [0.05, 0.1) is 21.0 Å². The van der Waals surface area contributed by atoms with Gasteiger partial charge < -0.3 is 5.32 Å². The Morgan fingerprint density at radius 1 is 1.16 bits per heavy atom. The topological polar surface area (TPSA) is 106 Å². The molecule has 0 atom stereocenters. The number of carbonyl (C=O) groups is 1. The third-order valence-corrected chi connectivity index (χ3v) is 7.57. The van der Waals surface area contributed by atoms with Gasteiger partial charge in [-0.3, -0.25) is 13.9 Å². The Hall–Kier alpha value is -2.69. The molecule has 0 bridgehead atoms. The van der Waals surface area contributed by atoms with Gasteiger partial charge in [0.25, 0.3) is 0 Å². The molecule has 1 amide bonds. The van der Waals surface area contributed by atoms with Crippen molar-refractivity contribution in [3.05, 3.63) is 52.0 Å². The number of carbonyl (C=O) groups excluding carboxylic acids is 1. The summed E-state index contributed by atoms with van der Waals surface area (Å²) in [6, 6.07) is 7.62. The van der Waals surface area contributed by atoms with E-state index in [9.17, 15) is 18.0 Å². The minimum Gasteiger partial charge on any atom is -0.309 e. The Labute approximate surface area is 190 Å². The van der Waals surface area contributed by atoms with Crippen LogP contribution in [0.4, 0.5) is 5.82 Å². The van der Waals surface area contributed by atoms with Crippen molar-refractivity contribution in [1.29, 1.82) is 0 Å². The number of rotatable bonds is 6. The largest absolute Gasteiger partial charge is 0.329 e. The molecule has 0 unspecified atom stereocenters. The maximum atomic E-state index is 13.1. The molecule has 1 aromatic carbocycles. The van der Waals surface area contributed by atoms with Gasteiger partial charge in [-0.05, 0) is 57.0 Å². The number of amides is 1. The molecule has 4 rings (SSSR count). The van der Waals surface area contributed by atoms with Gasteiger partial charge in [-0.1, -0.05) is 11.6 Å². The second kappa shape index (κ2) is 8.68. The quantitative estimate of drug-likeness (QED) is 0.587. The molecule has 1 fully saturated rings. The van der Waals surface area contributed by atoms with Crippen molar-refractivity contribution in [2.75, 3.05) is 18.4 Å². The molecule has 9 nitrogen and oxygen atoms in total. The van der Waals surface area contributed by atoms with Crippen molar-refractivity contribution in [2.45, 2.75) is 44.2 Å². The molecule has 0 aliphatic carbocycles. The molecule has 0 spiro atoms. The summed E-state index contributed by atoms with van der Waals surface area (Å²) in [5, 5.41) is 3.07. The molecule has 170 valence electrons. The summed E-state index contributed by atoms with van der Waals surface area (Å²) in [5.74, 6) is -0.158. The van der Waals surface area contributed by atoms with E-state index in [1.807, 2.05) is 13.8 Å². The number of aromatic nitrogens is 3. The maximum absolute atomic E-state index is 13.1. The van der Waals surface area contributed by atoms with Crippen LogP contribution in [-0.4, -0.2) is 45.8 Å². The van der Waals surface area contributed by atoms with E-state index in [-0.39, 0.29) is 23.2 Å². The van der Waals surface area contributed by atoms with Gasteiger partial charge in [0.2, 0.25) is 15.9 Å². The summed E-state index contributed by atoms with van der Waals surface area (Å²) in [7, 11) is -3.67. The molecule has 32 heavy (non-hydrogen) atoms. The van der Waals surface area contributed by atoms with Crippen LogP contribution in [-0.2, 0) is 21.4 Å². The number of imidazole rings is 1. The van der Waals surface area contributed by atoms with Gasteiger partial charge in [0.15, 0.2) is 0 Å². The first kappa shape index (κ1) is 22.5. The third kappa shape index (κ3) is 4.17. The molecule has 3 heterocycles. The second-order valence-electron chi connectivity index (χ2n) is 8.00. The van der Waals surface area contributed by atoms with E-state index >= 15 is 0 Å². The maximum Gasteiger partial charge on any atom is 0.329 e. The van der Waals surface area contributed by atoms with Gasteiger partial charge in [-0.25, -0.2) is 18.2 Å². The van der Waals surface area contributed by atoms with Crippen molar-refractivity contribution >= 4 is 44.4 Å². The smallest absolute Gasteiger partial charge is 0.309 e. The number of pyridine rings is 1. The molecule has 1 N–H and O–H groups in total. The fourth-order valence-electron chi connectivity index (χ4n) is 3.92. The monoisotopic (exact) mass is 477 g/mol. The van der Waals surface area contributed by atoms with Crippen molar-refractivity contribution in [2.24, 2.45) is 0 Å². The number of anilines is 1. The van der Waals surface area contributed by atoms with Crippen LogP contribution in [0.1, 0.15) is 32.7 Å². The highest BCUT2D eigenvalue weighted by molar-refractivity contribution is 7.89. The summed E-state index contributed by atoms with van der Waals surface area (Å²) < 4.78 is 30.4. The number of sulfonamides is 1. The normalized spacial score (nSPS) is 15.0. The Kier molecular flexibility index (Phi) is 6.11. The molecular formula is C21H24ClN5O4S. The Morgan fingerprint density at radius 3 is 2.50 bits per heavy atom. The number of halogens is 1. The van der Waals surface area contributed by atoms with Crippen LogP contribution < -0.4 is 11.0 Å². The van der Waals surface area contributed by atoms with Crippen LogP contribution in [0.25, 0.3) is 11.0 Å². The predicted molar refractivity (Wildman–Crippen MR) is 122 cm³/mol. The highest BCUT2D eigenvalue weighted by Gasteiger charge is 2.28. The van der Waals surface area contributed by atoms with E-state index in [4.69, 9.17) is 11.6 Å². The van der Waals surface area contributed by atoms with E-state index in [1.165, 1.54) is 27.2 Å². The lowest BCUT2D eigenvalue weighted by molar-refractivity contribution is -0.116. The Balaban J connectivity index is 1.74. The lowest BCUT2D eigenvalue weighted by atomic mass is 10.3. The minimum absolute atomic E-state index is 0.112. The van der Waals surface area contributed by atoms with Crippen LogP contribution in [0.15, 0.2) is 46.2 Å². The number of nitrogens with one attached hydrogen (secondary N) is 1. The van der Waals surface area contributed by atoms with Crippen molar-refractivity contribution in [1.82, 2.24) is 18.4 Å². The van der Waals surface area contributed by atoms with Crippen molar-refractivity contribution in [3.8, 4) is 0 Å². The summed E-state index contributed by atoms with van der Waals surface area (Å²) in [6.07, 6.45) is 3.06. The van der Waals surface area contributed by atoms with Gasteiger partial charge >= 0.3 is 5.69 Å². The second-order valence-corrected chi connectivity index (χ2v) is 10.4. The molecule has 0 saturated carbocycles. The molecule has 1 aliphatic heterocycles. The first-order valence-electron chi connectivity index (χ1n) is 10.3. The Morgan fingerprint density at radius 2 is 1.88 bits per heavy atom. The first-order valence-corrected chi connectivity index (χ1v) is 12.2. The highest BCUT2D eigenvalue weighted by Crippen LogP contribution is 2.25. The van der Waals surface area contributed by atoms with Gasteiger partial charge in [-0.2, -0.15) is 4.31 Å². The van der Waals surface area contributed by atoms with Crippen LogP contribution in [0, 0.1) is 0 Å². The van der Waals surface area contributed by atoms with E-state index in [2.05, 4.69) is 10.3 Å². The first-order chi connectivity index (χ1) is 15.2.